The molecule has 1 aliphatic carbocycles. The molecule has 1 aliphatic heterocycles. The van der Waals surface area contributed by atoms with Gasteiger partial charge in [-0.2, -0.15) is 17.7 Å². The van der Waals surface area contributed by atoms with Gasteiger partial charge in [-0.3, -0.25) is 10.2 Å². The van der Waals surface area contributed by atoms with Crippen molar-refractivity contribution in [3.8, 4) is 5.88 Å². The van der Waals surface area contributed by atoms with E-state index in [2.05, 4.69) is 35.8 Å². The van der Waals surface area contributed by atoms with Crippen LogP contribution in [-0.4, -0.2) is 87.4 Å². The monoisotopic (exact) mass is 622 g/mol. The van der Waals surface area contributed by atoms with E-state index in [0.717, 1.165) is 48.0 Å². The predicted molar refractivity (Wildman–Crippen MR) is 151 cm³/mol. The second-order valence-electron chi connectivity index (χ2n) is 10.1. The maximum absolute atomic E-state index is 13.0. The van der Waals surface area contributed by atoms with Crippen LogP contribution in [0.5, 0.6) is 5.88 Å². The Morgan fingerprint density at radius 3 is 2.71 bits per heavy atom. The number of carbonyl (C=O) groups excluding carboxylic acids is 1. The number of halogens is 3. The number of benzene rings is 1. The number of amides is 2. The highest BCUT2D eigenvalue weighted by Crippen LogP contribution is 2.38. The lowest BCUT2D eigenvalue weighted by Crippen LogP contribution is -2.42. The molecule has 42 heavy (non-hydrogen) atoms. The highest BCUT2D eigenvalue weighted by molar-refractivity contribution is 7.99. The number of nitrogens with zero attached hydrogens (tertiary/aromatic N) is 6. The van der Waals surface area contributed by atoms with Crippen molar-refractivity contribution in [2.75, 3.05) is 44.7 Å². The highest BCUT2D eigenvalue weighted by atomic mass is 32.2. The van der Waals surface area contributed by atoms with Crippen molar-refractivity contribution in [1.82, 2.24) is 35.0 Å². The minimum absolute atomic E-state index is 0.0566. The first-order valence-corrected chi connectivity index (χ1v) is 15.3. The van der Waals surface area contributed by atoms with Crippen molar-refractivity contribution >= 4 is 50.1 Å². The number of rotatable bonds is 8. The number of aromatic nitrogens is 5. The first kappa shape index (κ1) is 28.9. The average molecular weight is 623 g/mol. The van der Waals surface area contributed by atoms with Crippen LogP contribution < -0.4 is 15.4 Å². The van der Waals surface area contributed by atoms with Crippen LogP contribution in [0.3, 0.4) is 0 Å². The Kier molecular flexibility index (Phi) is 8.65. The number of urea groups is 1. The Balaban J connectivity index is 1.06. The molecule has 6 rings (SSSR count). The molecule has 0 bridgehead atoms. The molecular weight excluding hydrogens is 593 g/mol. The fourth-order valence-corrected chi connectivity index (χ4v) is 6.78. The maximum Gasteiger partial charge on any atom is 0.391 e. The average Bonchev–Trinajstić information content (AvgIpc) is 3.56. The number of anilines is 1. The summed E-state index contributed by atoms with van der Waals surface area (Å²) in [5, 5.41) is 19.6. The summed E-state index contributed by atoms with van der Waals surface area (Å²) < 4.78 is 52.7. The van der Waals surface area contributed by atoms with E-state index in [1.54, 1.807) is 16.6 Å². The first-order chi connectivity index (χ1) is 20.3. The summed E-state index contributed by atoms with van der Waals surface area (Å²) in [6.45, 7) is 4.46. The van der Waals surface area contributed by atoms with Crippen molar-refractivity contribution in [1.29, 1.82) is 0 Å². The molecule has 224 valence electrons. The molecule has 1 saturated carbocycles. The summed E-state index contributed by atoms with van der Waals surface area (Å²) in [7, 11) is 0. The van der Waals surface area contributed by atoms with E-state index >= 15 is 0 Å². The molecule has 1 aromatic carbocycles. The number of nitrogens with one attached hydrogen (secondary N) is 2. The molecule has 4 aromatic rings. The van der Waals surface area contributed by atoms with Gasteiger partial charge >= 0.3 is 12.2 Å². The van der Waals surface area contributed by atoms with Gasteiger partial charge in [0.15, 0.2) is 10.8 Å². The third kappa shape index (κ3) is 7.04. The normalized spacial score (nSPS) is 20.2. The summed E-state index contributed by atoms with van der Waals surface area (Å²) >= 11 is 2.72. The molecule has 2 fully saturated rings. The molecule has 1 saturated heterocycles. The lowest BCUT2D eigenvalue weighted by atomic mass is 9.87. The standard InChI is InChI=1S/C26H29F3N8O3S2/c27-26(28,29)16-1-3-17(4-2-16)40-22-8-7-21-33-34-25(37(21)35-22)41-18-5-6-19-20(15-18)42-24(31-19)32-23(38)30-9-10-36-11-13-39-14-12-36/h5-8,15-17H,1-4,9-14H2,(H2,30,31,32,38). The number of thiazole rings is 1. The zero-order chi connectivity index (χ0) is 29.1. The van der Waals surface area contributed by atoms with Crippen LogP contribution in [-0.2, 0) is 4.74 Å². The topological polar surface area (TPSA) is 119 Å². The van der Waals surface area contributed by atoms with Gasteiger partial charge in [0.2, 0.25) is 11.0 Å². The van der Waals surface area contributed by atoms with Gasteiger partial charge in [0.05, 0.1) is 29.3 Å². The van der Waals surface area contributed by atoms with E-state index in [4.69, 9.17) is 9.47 Å². The van der Waals surface area contributed by atoms with Crippen molar-refractivity contribution < 1.29 is 27.4 Å². The predicted octanol–water partition coefficient (Wildman–Crippen LogP) is 4.84. The van der Waals surface area contributed by atoms with Gasteiger partial charge in [-0.25, -0.2) is 9.78 Å². The molecule has 2 N–H and O–H groups in total. The maximum atomic E-state index is 13.0. The van der Waals surface area contributed by atoms with Crippen molar-refractivity contribution in [3.63, 3.8) is 0 Å². The van der Waals surface area contributed by atoms with Crippen LogP contribution in [0.15, 0.2) is 40.4 Å². The van der Waals surface area contributed by atoms with Crippen LogP contribution in [0.1, 0.15) is 25.7 Å². The Labute approximate surface area is 247 Å². The van der Waals surface area contributed by atoms with Gasteiger partial charge in [0.25, 0.3) is 0 Å². The number of carbonyl (C=O) groups is 1. The quantitative estimate of drug-likeness (QED) is 0.285. The molecule has 0 atom stereocenters. The van der Waals surface area contributed by atoms with E-state index in [0.29, 0.717) is 41.2 Å². The molecule has 0 unspecified atom stereocenters. The minimum atomic E-state index is -4.16. The number of fused-ring (bicyclic) bond motifs is 2. The molecule has 2 amide bonds. The fourth-order valence-electron chi connectivity index (χ4n) is 4.98. The van der Waals surface area contributed by atoms with Gasteiger partial charge < -0.3 is 14.8 Å². The van der Waals surface area contributed by atoms with E-state index in [1.807, 2.05) is 18.2 Å². The van der Waals surface area contributed by atoms with Gasteiger partial charge in [-0.05, 0) is 61.7 Å². The van der Waals surface area contributed by atoms with E-state index in [9.17, 15) is 18.0 Å². The largest absolute Gasteiger partial charge is 0.473 e. The third-order valence-electron chi connectivity index (χ3n) is 7.24. The van der Waals surface area contributed by atoms with Crippen LogP contribution >= 0.6 is 23.1 Å². The van der Waals surface area contributed by atoms with Gasteiger partial charge in [-0.1, -0.05) is 11.3 Å². The molecule has 16 heteroatoms. The number of ether oxygens (including phenoxy) is 2. The summed E-state index contributed by atoms with van der Waals surface area (Å²) in [5.74, 6) is -0.949. The number of hydrogen-bond donors (Lipinski definition) is 2. The number of morpholine rings is 1. The van der Waals surface area contributed by atoms with E-state index < -0.39 is 12.1 Å². The second-order valence-corrected chi connectivity index (χ2v) is 12.2. The summed E-state index contributed by atoms with van der Waals surface area (Å²) in [6, 6.07) is 8.81. The van der Waals surface area contributed by atoms with Crippen LogP contribution in [0.25, 0.3) is 15.9 Å². The second kappa shape index (κ2) is 12.6. The van der Waals surface area contributed by atoms with E-state index in [1.165, 1.54) is 23.1 Å². The smallest absolute Gasteiger partial charge is 0.391 e. The third-order valence-corrected chi connectivity index (χ3v) is 9.10. The Bertz CT molecular complexity index is 1530. The molecule has 11 nitrogen and oxygen atoms in total. The fraction of sp³-hybridized carbons (Fsp3) is 0.500. The lowest BCUT2D eigenvalue weighted by Gasteiger charge is -2.29. The van der Waals surface area contributed by atoms with Crippen molar-refractivity contribution in [3.05, 3.63) is 30.3 Å². The van der Waals surface area contributed by atoms with Crippen LogP contribution in [0.2, 0.25) is 0 Å². The summed E-state index contributed by atoms with van der Waals surface area (Å²) in [4.78, 5) is 20.0. The van der Waals surface area contributed by atoms with Gasteiger partial charge in [-0.15, -0.1) is 15.3 Å². The SMILES string of the molecule is O=C(NCCN1CCOCC1)Nc1nc2ccc(Sc3nnc4ccc(OC5CCC(C(F)(F)F)CC5)nn34)cc2s1. The number of alkyl halides is 3. The highest BCUT2D eigenvalue weighted by Gasteiger charge is 2.41. The molecule has 3 aromatic heterocycles. The molecule has 2 aliphatic rings. The summed E-state index contributed by atoms with van der Waals surface area (Å²) in [5.41, 5.74) is 1.28. The Morgan fingerprint density at radius 1 is 1.12 bits per heavy atom. The minimum Gasteiger partial charge on any atom is -0.473 e. The zero-order valence-corrected chi connectivity index (χ0v) is 24.1. The Morgan fingerprint density at radius 2 is 1.93 bits per heavy atom. The van der Waals surface area contributed by atoms with Crippen LogP contribution in [0.4, 0.5) is 23.1 Å². The van der Waals surface area contributed by atoms with Crippen molar-refractivity contribution in [2.24, 2.45) is 5.92 Å². The van der Waals surface area contributed by atoms with E-state index in [-0.39, 0.29) is 25.0 Å². The van der Waals surface area contributed by atoms with Gasteiger partial charge in [0, 0.05) is 37.1 Å². The molecule has 4 heterocycles. The number of hydrogen-bond acceptors (Lipinski definition) is 10. The molecular formula is C26H29F3N8O3S2. The Hall–Kier alpha value is -3.21. The van der Waals surface area contributed by atoms with Crippen molar-refractivity contribution in [2.45, 2.75) is 48.0 Å². The molecule has 0 radical (unpaired) electrons. The zero-order valence-electron chi connectivity index (χ0n) is 22.5. The van der Waals surface area contributed by atoms with Gasteiger partial charge in [0.1, 0.15) is 6.10 Å². The lowest BCUT2D eigenvalue weighted by molar-refractivity contribution is -0.185. The summed E-state index contributed by atoms with van der Waals surface area (Å²) in [6.07, 6.45) is -3.70. The first-order valence-electron chi connectivity index (χ1n) is 13.7. The molecule has 0 spiro atoms. The van der Waals surface area contributed by atoms with Crippen LogP contribution in [0, 0.1) is 5.92 Å².